The summed E-state index contributed by atoms with van der Waals surface area (Å²) in [6.45, 7) is -0.249. The summed E-state index contributed by atoms with van der Waals surface area (Å²) in [5.41, 5.74) is 0.676. The van der Waals surface area contributed by atoms with Crippen LogP contribution in [0.2, 0.25) is 0 Å². The third kappa shape index (κ3) is 4.57. The summed E-state index contributed by atoms with van der Waals surface area (Å²) in [6.07, 6.45) is 1.91. The number of nitrogens with zero attached hydrogens (tertiary/aromatic N) is 1. The summed E-state index contributed by atoms with van der Waals surface area (Å²) in [6, 6.07) is 10.6. The Labute approximate surface area is 152 Å². The molecule has 1 N–H and O–H groups in total. The maximum atomic E-state index is 12.4. The van der Waals surface area contributed by atoms with Crippen LogP contribution in [0, 0.1) is 0 Å². The molecule has 0 bridgehead atoms. The Morgan fingerprint density at radius 2 is 2.00 bits per heavy atom. The van der Waals surface area contributed by atoms with Crippen LogP contribution in [0.5, 0.6) is 0 Å². The fraction of sp³-hybridized carbons (Fsp3) is 0.214. The molecule has 1 amide bonds. The van der Waals surface area contributed by atoms with E-state index in [1.807, 2.05) is 24.5 Å². The van der Waals surface area contributed by atoms with Crippen molar-refractivity contribution in [2.45, 2.75) is 9.10 Å². The fourth-order valence-electron chi connectivity index (χ4n) is 1.81. The number of nitrogens with one attached hydrogen (secondary N) is 1. The highest BCUT2D eigenvalue weighted by atomic mass is 79.9. The van der Waals surface area contributed by atoms with E-state index in [9.17, 15) is 13.2 Å². The molecular formula is C14H15BrN2O3S3. The van der Waals surface area contributed by atoms with Crippen LogP contribution in [0.1, 0.15) is 0 Å². The van der Waals surface area contributed by atoms with Crippen LogP contribution >= 0.6 is 39.0 Å². The van der Waals surface area contributed by atoms with Crippen LogP contribution in [0.3, 0.4) is 0 Å². The molecule has 124 valence electrons. The van der Waals surface area contributed by atoms with Gasteiger partial charge in [0.2, 0.25) is 5.91 Å². The van der Waals surface area contributed by atoms with Crippen LogP contribution < -0.4 is 5.32 Å². The van der Waals surface area contributed by atoms with Gasteiger partial charge in [-0.25, -0.2) is 8.42 Å². The Hall–Kier alpha value is -0.870. The number of carbonyl (C=O) groups is 1. The van der Waals surface area contributed by atoms with Crippen molar-refractivity contribution in [1.82, 2.24) is 4.31 Å². The molecule has 5 nitrogen and oxygen atoms in total. The molecule has 1 aromatic heterocycles. The van der Waals surface area contributed by atoms with Gasteiger partial charge in [0, 0.05) is 11.9 Å². The predicted molar refractivity (Wildman–Crippen MR) is 98.7 cm³/mol. The number of hydrogen-bond donors (Lipinski definition) is 1. The number of sulfonamides is 1. The van der Waals surface area contributed by atoms with Gasteiger partial charge in [0.05, 0.1) is 16.0 Å². The molecule has 2 rings (SSSR count). The van der Waals surface area contributed by atoms with E-state index in [2.05, 4.69) is 21.2 Å². The van der Waals surface area contributed by atoms with Gasteiger partial charge in [-0.3, -0.25) is 4.79 Å². The van der Waals surface area contributed by atoms with Crippen molar-refractivity contribution < 1.29 is 13.2 Å². The molecule has 23 heavy (non-hydrogen) atoms. The van der Waals surface area contributed by atoms with E-state index < -0.39 is 10.0 Å². The molecule has 9 heteroatoms. The minimum atomic E-state index is -3.67. The summed E-state index contributed by atoms with van der Waals surface area (Å²) in [5.74, 6) is -0.381. The molecular weight excluding hydrogens is 420 g/mol. The monoisotopic (exact) mass is 434 g/mol. The minimum absolute atomic E-state index is 0.198. The van der Waals surface area contributed by atoms with E-state index >= 15 is 0 Å². The molecule has 0 fully saturated rings. The quantitative estimate of drug-likeness (QED) is 0.706. The molecule has 1 aromatic carbocycles. The number of carbonyl (C=O) groups excluding carboxylic acids is 1. The molecule has 0 atom stereocenters. The lowest BCUT2D eigenvalue weighted by Gasteiger charge is -2.16. The topological polar surface area (TPSA) is 66.5 Å². The molecule has 0 aliphatic heterocycles. The highest BCUT2D eigenvalue weighted by molar-refractivity contribution is 9.11. The number of likely N-dealkylation sites (N-methyl/N-ethyl adjacent to an activating group) is 1. The first-order valence-corrected chi connectivity index (χ1v) is 10.8. The van der Waals surface area contributed by atoms with E-state index in [0.717, 1.165) is 24.3 Å². The lowest BCUT2D eigenvalue weighted by atomic mass is 10.3. The second-order valence-corrected chi connectivity index (χ2v) is 10.2. The van der Waals surface area contributed by atoms with E-state index in [1.54, 1.807) is 12.1 Å². The number of hydrogen-bond acceptors (Lipinski definition) is 5. The minimum Gasteiger partial charge on any atom is -0.324 e. The first-order chi connectivity index (χ1) is 10.8. The number of halogens is 1. The lowest BCUT2D eigenvalue weighted by molar-refractivity contribution is -0.116. The molecule has 0 unspecified atom stereocenters. The van der Waals surface area contributed by atoms with E-state index in [1.165, 1.54) is 24.9 Å². The first kappa shape index (κ1) is 18.5. The van der Waals surface area contributed by atoms with Crippen LogP contribution in [0.4, 0.5) is 5.69 Å². The Morgan fingerprint density at radius 1 is 1.30 bits per heavy atom. The number of para-hydroxylation sites is 1. The third-order valence-corrected chi connectivity index (χ3v) is 7.65. The number of rotatable bonds is 6. The maximum Gasteiger partial charge on any atom is 0.252 e. The second-order valence-electron chi connectivity index (χ2n) is 4.57. The van der Waals surface area contributed by atoms with Gasteiger partial charge in [-0.15, -0.1) is 23.1 Å². The lowest BCUT2D eigenvalue weighted by Crippen LogP contribution is -2.34. The second kappa shape index (κ2) is 7.80. The summed E-state index contributed by atoms with van der Waals surface area (Å²) in [5, 5.41) is 2.75. The van der Waals surface area contributed by atoms with Gasteiger partial charge < -0.3 is 5.32 Å². The van der Waals surface area contributed by atoms with Crippen molar-refractivity contribution in [2.24, 2.45) is 0 Å². The number of thiophene rings is 1. The molecule has 0 radical (unpaired) electrons. The Bertz CT molecular complexity index is 805. The molecule has 0 aliphatic carbocycles. The van der Waals surface area contributed by atoms with Crippen molar-refractivity contribution in [3.63, 3.8) is 0 Å². The standard InChI is InChI=1S/C14H15BrN2O3S3/c1-17(23(19,20)14-8-7-12(15)22-14)9-13(18)16-10-5-3-4-6-11(10)21-2/h3-8H,9H2,1-2H3,(H,16,18). The van der Waals surface area contributed by atoms with Crippen molar-refractivity contribution in [3.8, 4) is 0 Å². The molecule has 2 aromatic rings. The Morgan fingerprint density at radius 3 is 2.61 bits per heavy atom. The molecule has 1 heterocycles. The van der Waals surface area contributed by atoms with Crippen molar-refractivity contribution in [2.75, 3.05) is 25.2 Å². The molecule has 0 saturated heterocycles. The average Bonchev–Trinajstić information content (AvgIpc) is 2.95. The zero-order chi connectivity index (χ0) is 17.0. The Kier molecular flexibility index (Phi) is 6.26. The number of amides is 1. The van der Waals surface area contributed by atoms with Crippen LogP contribution in [-0.2, 0) is 14.8 Å². The highest BCUT2D eigenvalue weighted by Gasteiger charge is 2.24. The van der Waals surface area contributed by atoms with Gasteiger partial charge in [-0.2, -0.15) is 4.31 Å². The summed E-state index contributed by atoms with van der Waals surface area (Å²) in [7, 11) is -2.27. The van der Waals surface area contributed by atoms with Gasteiger partial charge in [0.1, 0.15) is 4.21 Å². The first-order valence-electron chi connectivity index (χ1n) is 6.49. The number of anilines is 1. The predicted octanol–water partition coefficient (Wildman–Crippen LogP) is 3.49. The summed E-state index contributed by atoms with van der Waals surface area (Å²) in [4.78, 5) is 13.1. The number of thioether (sulfide) groups is 1. The van der Waals surface area contributed by atoms with Crippen molar-refractivity contribution >= 4 is 60.6 Å². The Balaban J connectivity index is 2.08. The van der Waals surface area contributed by atoms with Crippen LogP contribution in [-0.4, -0.2) is 38.5 Å². The average molecular weight is 435 g/mol. The van der Waals surface area contributed by atoms with Crippen LogP contribution in [0.25, 0.3) is 0 Å². The van der Waals surface area contributed by atoms with Gasteiger partial charge in [-0.05, 0) is 46.5 Å². The zero-order valence-corrected chi connectivity index (χ0v) is 16.5. The molecule has 0 spiro atoms. The smallest absolute Gasteiger partial charge is 0.252 e. The van der Waals surface area contributed by atoms with Crippen molar-refractivity contribution in [3.05, 3.63) is 40.2 Å². The zero-order valence-electron chi connectivity index (χ0n) is 12.4. The normalized spacial score (nSPS) is 11.7. The maximum absolute atomic E-state index is 12.4. The van der Waals surface area contributed by atoms with E-state index in [0.29, 0.717) is 5.69 Å². The molecule has 0 aliphatic rings. The summed E-state index contributed by atoms with van der Waals surface area (Å²) >= 11 is 5.86. The number of benzene rings is 1. The highest BCUT2D eigenvalue weighted by Crippen LogP contribution is 2.28. The largest absolute Gasteiger partial charge is 0.324 e. The SMILES string of the molecule is CSc1ccccc1NC(=O)CN(C)S(=O)(=O)c1ccc(Br)s1. The fourth-order valence-corrected chi connectivity index (χ4v) is 5.72. The summed E-state index contributed by atoms with van der Waals surface area (Å²) < 4.78 is 26.7. The van der Waals surface area contributed by atoms with Gasteiger partial charge in [0.15, 0.2) is 0 Å². The van der Waals surface area contributed by atoms with E-state index in [4.69, 9.17) is 0 Å². The van der Waals surface area contributed by atoms with Gasteiger partial charge >= 0.3 is 0 Å². The third-order valence-electron chi connectivity index (χ3n) is 2.96. The van der Waals surface area contributed by atoms with Gasteiger partial charge in [-0.1, -0.05) is 12.1 Å². The van der Waals surface area contributed by atoms with Crippen molar-refractivity contribution in [1.29, 1.82) is 0 Å². The van der Waals surface area contributed by atoms with E-state index in [-0.39, 0.29) is 16.7 Å². The van der Waals surface area contributed by atoms with Gasteiger partial charge in [0.25, 0.3) is 10.0 Å². The molecule has 0 saturated carbocycles. The van der Waals surface area contributed by atoms with Crippen LogP contribution in [0.15, 0.2) is 49.3 Å².